The molecule has 2 aromatic heterocycles. The van der Waals surface area contributed by atoms with E-state index in [1.54, 1.807) is 0 Å². The maximum Gasteiger partial charge on any atom is 0.0737 e. The minimum atomic E-state index is 0.477. The van der Waals surface area contributed by atoms with Crippen LogP contribution in [0.2, 0.25) is 10.0 Å². The largest absolute Gasteiger partial charge is 0.368 e. The maximum atomic E-state index is 6.20. The molecule has 37 heavy (non-hydrogen) atoms. The SMILES string of the molecule is CCC(N1CCN(c2ccnc3cc(Cl)ccc23)CC1)N1CCN(c2ccnc3cc(Cl)ccc23)CC1. The van der Waals surface area contributed by atoms with Crippen LogP contribution in [0.4, 0.5) is 11.4 Å². The predicted molar refractivity (Wildman–Crippen MR) is 155 cm³/mol. The number of halogens is 2. The van der Waals surface area contributed by atoms with Crippen molar-refractivity contribution in [3.63, 3.8) is 0 Å². The number of hydrogen-bond donors (Lipinski definition) is 0. The van der Waals surface area contributed by atoms with Gasteiger partial charge in [-0.1, -0.05) is 30.1 Å². The monoisotopic (exact) mass is 534 g/mol. The summed E-state index contributed by atoms with van der Waals surface area (Å²) in [5, 5.41) is 3.81. The predicted octanol–water partition coefficient (Wildman–Crippen LogP) is 5.77. The number of hydrogen-bond acceptors (Lipinski definition) is 6. The zero-order chi connectivity index (χ0) is 25.4. The molecule has 4 heterocycles. The fourth-order valence-corrected chi connectivity index (χ4v) is 6.37. The van der Waals surface area contributed by atoms with Gasteiger partial charge in [0.25, 0.3) is 0 Å². The Morgan fingerprint density at radius 1 is 0.649 bits per heavy atom. The van der Waals surface area contributed by atoms with Crippen molar-refractivity contribution in [1.82, 2.24) is 19.8 Å². The van der Waals surface area contributed by atoms with Gasteiger partial charge in [-0.25, -0.2) is 0 Å². The Hall–Kier alpha value is -2.64. The summed E-state index contributed by atoms with van der Waals surface area (Å²) in [6, 6.07) is 16.3. The zero-order valence-corrected chi connectivity index (χ0v) is 22.7. The molecule has 4 aromatic rings. The van der Waals surface area contributed by atoms with Gasteiger partial charge in [0.1, 0.15) is 0 Å². The number of rotatable bonds is 5. The van der Waals surface area contributed by atoms with Crippen molar-refractivity contribution >= 4 is 56.4 Å². The Labute approximate surface area is 228 Å². The lowest BCUT2D eigenvalue weighted by molar-refractivity contribution is 0.0312. The summed E-state index contributed by atoms with van der Waals surface area (Å²) in [5.41, 5.74) is 4.44. The minimum Gasteiger partial charge on any atom is -0.368 e. The molecule has 8 heteroatoms. The highest BCUT2D eigenvalue weighted by Crippen LogP contribution is 2.30. The molecular weight excluding hydrogens is 503 g/mol. The van der Waals surface area contributed by atoms with Crippen LogP contribution in [0.25, 0.3) is 21.8 Å². The van der Waals surface area contributed by atoms with Crippen LogP contribution >= 0.6 is 23.2 Å². The van der Waals surface area contributed by atoms with Gasteiger partial charge in [0, 0.05) is 96.9 Å². The average molecular weight is 536 g/mol. The van der Waals surface area contributed by atoms with Gasteiger partial charge in [-0.05, 0) is 55.0 Å². The molecule has 0 N–H and O–H groups in total. The molecule has 6 rings (SSSR count). The van der Waals surface area contributed by atoms with Crippen molar-refractivity contribution in [1.29, 1.82) is 0 Å². The highest BCUT2D eigenvalue weighted by atomic mass is 35.5. The van der Waals surface area contributed by atoms with Crippen LogP contribution in [-0.2, 0) is 0 Å². The van der Waals surface area contributed by atoms with Gasteiger partial charge in [0.15, 0.2) is 0 Å². The summed E-state index contributed by atoms with van der Waals surface area (Å²) in [6.45, 7) is 10.6. The van der Waals surface area contributed by atoms with E-state index < -0.39 is 0 Å². The number of nitrogens with zero attached hydrogens (tertiary/aromatic N) is 6. The molecule has 6 nitrogen and oxygen atoms in total. The van der Waals surface area contributed by atoms with Crippen molar-refractivity contribution in [3.8, 4) is 0 Å². The van der Waals surface area contributed by atoms with E-state index in [0.29, 0.717) is 6.17 Å². The number of anilines is 2. The number of benzene rings is 2. The van der Waals surface area contributed by atoms with Gasteiger partial charge in [-0.2, -0.15) is 0 Å². The standard InChI is InChI=1S/C29H32Cl2N6/c1-2-29(36-15-11-34(12-16-36)27-7-9-32-25-19-21(30)3-5-23(25)27)37-17-13-35(14-18-37)28-8-10-33-26-20-22(31)4-6-24(26)28/h3-10,19-20,29H,2,11-18H2,1H3. The van der Waals surface area contributed by atoms with Crippen molar-refractivity contribution in [2.75, 3.05) is 62.2 Å². The van der Waals surface area contributed by atoms with Gasteiger partial charge in [0.05, 0.1) is 17.2 Å². The Kier molecular flexibility index (Phi) is 7.08. The third-order valence-electron chi connectivity index (χ3n) is 7.88. The number of pyridine rings is 2. The first-order valence-corrected chi connectivity index (χ1v) is 13.9. The molecule has 0 spiro atoms. The van der Waals surface area contributed by atoms with E-state index in [9.17, 15) is 0 Å². The van der Waals surface area contributed by atoms with Crippen molar-refractivity contribution in [3.05, 3.63) is 71.0 Å². The van der Waals surface area contributed by atoms with Crippen LogP contribution in [0.5, 0.6) is 0 Å². The molecule has 0 saturated carbocycles. The van der Waals surface area contributed by atoms with E-state index in [1.165, 1.54) is 22.1 Å². The second-order valence-corrected chi connectivity index (χ2v) is 10.8. The molecule has 0 bridgehead atoms. The number of aromatic nitrogens is 2. The number of piperazine rings is 2. The van der Waals surface area contributed by atoms with E-state index in [0.717, 1.165) is 79.9 Å². The van der Waals surface area contributed by atoms with Crippen LogP contribution in [0, 0.1) is 0 Å². The highest BCUT2D eigenvalue weighted by Gasteiger charge is 2.30. The molecule has 2 aromatic carbocycles. The van der Waals surface area contributed by atoms with E-state index in [1.807, 2.05) is 36.7 Å². The zero-order valence-electron chi connectivity index (χ0n) is 21.2. The van der Waals surface area contributed by atoms with Gasteiger partial charge in [0.2, 0.25) is 0 Å². The van der Waals surface area contributed by atoms with Gasteiger partial charge < -0.3 is 9.80 Å². The second kappa shape index (κ2) is 10.6. The molecule has 2 aliphatic heterocycles. The summed E-state index contributed by atoms with van der Waals surface area (Å²) >= 11 is 12.4. The quantitative estimate of drug-likeness (QED) is 0.323. The highest BCUT2D eigenvalue weighted by molar-refractivity contribution is 6.31. The van der Waals surface area contributed by atoms with Crippen LogP contribution in [0.15, 0.2) is 60.9 Å². The van der Waals surface area contributed by atoms with Crippen molar-refractivity contribution in [2.45, 2.75) is 19.5 Å². The van der Waals surface area contributed by atoms with Crippen molar-refractivity contribution in [2.24, 2.45) is 0 Å². The lowest BCUT2D eigenvalue weighted by Crippen LogP contribution is -2.59. The normalized spacial score (nSPS) is 17.8. The molecule has 0 atom stereocenters. The Balaban J connectivity index is 1.10. The number of fused-ring (bicyclic) bond motifs is 2. The summed E-state index contributed by atoms with van der Waals surface area (Å²) in [4.78, 5) is 19.4. The summed E-state index contributed by atoms with van der Waals surface area (Å²) in [6.07, 6.45) is 5.41. The summed E-state index contributed by atoms with van der Waals surface area (Å²) < 4.78 is 0. The molecule has 2 fully saturated rings. The first-order valence-electron chi connectivity index (χ1n) is 13.2. The fourth-order valence-electron chi connectivity index (χ4n) is 6.03. The molecule has 0 unspecified atom stereocenters. The van der Waals surface area contributed by atoms with Crippen LogP contribution in [0.3, 0.4) is 0 Å². The smallest absolute Gasteiger partial charge is 0.0737 e. The molecular formula is C29H32Cl2N6. The van der Waals surface area contributed by atoms with Gasteiger partial charge in [-0.15, -0.1) is 0 Å². The lowest BCUT2D eigenvalue weighted by Gasteiger charge is -2.47. The van der Waals surface area contributed by atoms with Gasteiger partial charge in [-0.3, -0.25) is 19.8 Å². The van der Waals surface area contributed by atoms with E-state index in [4.69, 9.17) is 23.2 Å². The molecule has 2 aliphatic rings. The maximum absolute atomic E-state index is 6.20. The van der Waals surface area contributed by atoms with Crippen molar-refractivity contribution < 1.29 is 0 Å². The molecule has 2 saturated heterocycles. The summed E-state index contributed by atoms with van der Waals surface area (Å²) in [7, 11) is 0. The van der Waals surface area contributed by atoms with Crippen LogP contribution in [0.1, 0.15) is 13.3 Å². The topological polar surface area (TPSA) is 38.7 Å². The van der Waals surface area contributed by atoms with E-state index in [-0.39, 0.29) is 0 Å². The van der Waals surface area contributed by atoms with Gasteiger partial charge >= 0.3 is 0 Å². The average Bonchev–Trinajstić information content (AvgIpc) is 2.93. The van der Waals surface area contributed by atoms with Crippen LogP contribution < -0.4 is 9.80 Å². The Morgan fingerprint density at radius 2 is 1.08 bits per heavy atom. The van der Waals surface area contributed by atoms with E-state index in [2.05, 4.69) is 60.8 Å². The molecule has 0 aliphatic carbocycles. The molecule has 0 radical (unpaired) electrons. The first-order chi connectivity index (χ1) is 18.1. The fraction of sp³-hybridized carbons (Fsp3) is 0.379. The summed E-state index contributed by atoms with van der Waals surface area (Å²) in [5.74, 6) is 0. The Morgan fingerprint density at radius 3 is 1.49 bits per heavy atom. The Bertz CT molecular complexity index is 1290. The third-order valence-corrected chi connectivity index (χ3v) is 8.35. The lowest BCUT2D eigenvalue weighted by atomic mass is 10.1. The second-order valence-electron chi connectivity index (χ2n) is 9.92. The third kappa shape index (κ3) is 4.96. The first kappa shape index (κ1) is 24.7. The molecule has 192 valence electrons. The minimum absolute atomic E-state index is 0.477. The van der Waals surface area contributed by atoms with Crippen LogP contribution in [-0.4, -0.2) is 78.3 Å². The molecule has 0 amide bonds. The van der Waals surface area contributed by atoms with E-state index >= 15 is 0 Å².